The zero-order chi connectivity index (χ0) is 54.3. The highest BCUT2D eigenvalue weighted by atomic mass is 32.1. The van der Waals surface area contributed by atoms with Crippen LogP contribution in [0.15, 0.2) is 218 Å². The molecule has 5 heterocycles. The molecule has 5 aromatic heterocycles. The predicted octanol–water partition coefficient (Wildman–Crippen LogP) is 20.7. The van der Waals surface area contributed by atoms with E-state index in [9.17, 15) is 0 Å². The van der Waals surface area contributed by atoms with E-state index in [2.05, 4.69) is 192 Å². The number of rotatable bonds is 22. The van der Waals surface area contributed by atoms with E-state index in [-0.39, 0.29) is 37.0 Å². The fraction of sp³-hybridized carbons (Fsp3) is 0.125. The minimum absolute atomic E-state index is 0.102. The lowest BCUT2D eigenvalue weighted by Gasteiger charge is -2.25. The zero-order valence-corrected chi connectivity index (χ0v) is 49.8. The standard InChI is InChI=1S/C64H56N2O6P2S5/c1-5-69-73(67,70-6-2)61-62(74(68,71-7-3)72-8-4)64(60-44-42-58(78-60)56-40-38-54(76-56)46-31-35-52(36-32-46)66(49-25-17-11-18-26-49)50-27-19-12-20-28-50)79-63(61)59-43-41-57(77-59)55-39-37-53(75-55)45-29-33-51(34-30-45)65(47-21-13-9-14-22-47)48-23-15-10-16-24-48/h9-44H,5-8H2,1-4H3. The first-order valence-electron chi connectivity index (χ1n) is 26.1. The van der Waals surface area contributed by atoms with Crippen LogP contribution in [-0.2, 0) is 27.2 Å². The van der Waals surface area contributed by atoms with Crippen molar-refractivity contribution in [1.82, 2.24) is 0 Å². The average molecular weight is 1170 g/mol. The van der Waals surface area contributed by atoms with Crippen LogP contribution in [0.25, 0.3) is 59.9 Å². The first-order chi connectivity index (χ1) is 38.7. The number of nitrogens with zero attached hydrogens (tertiary/aromatic N) is 2. The van der Waals surface area contributed by atoms with Crippen molar-refractivity contribution in [3.63, 3.8) is 0 Å². The zero-order valence-electron chi connectivity index (χ0n) is 43.9. The molecule has 0 fully saturated rings. The highest BCUT2D eigenvalue weighted by Crippen LogP contribution is 2.60. The van der Waals surface area contributed by atoms with Gasteiger partial charge in [-0.05, 0) is 160 Å². The molecule has 0 saturated carbocycles. The Balaban J connectivity index is 0.935. The molecule has 15 heteroatoms. The van der Waals surface area contributed by atoms with Crippen molar-refractivity contribution >= 4 is 117 Å². The van der Waals surface area contributed by atoms with Gasteiger partial charge in [0, 0.05) is 73.1 Å². The van der Waals surface area contributed by atoms with Crippen molar-refractivity contribution in [2.24, 2.45) is 0 Å². The Bertz CT molecular complexity index is 3530. The van der Waals surface area contributed by atoms with Crippen molar-refractivity contribution in [3.8, 4) is 59.9 Å². The number of anilines is 6. The summed E-state index contributed by atoms with van der Waals surface area (Å²) in [5.74, 6) is 0. The molecule has 0 aliphatic carbocycles. The van der Waals surface area contributed by atoms with Crippen LogP contribution in [0.5, 0.6) is 0 Å². The average Bonchev–Trinajstić information content (AvgIpc) is 4.41. The molecule has 6 aromatic carbocycles. The van der Waals surface area contributed by atoms with Gasteiger partial charge in [-0.2, -0.15) is 0 Å². The maximum atomic E-state index is 15.5. The van der Waals surface area contributed by atoms with Crippen LogP contribution in [0.2, 0.25) is 0 Å². The van der Waals surface area contributed by atoms with E-state index < -0.39 is 15.2 Å². The minimum atomic E-state index is -4.14. The summed E-state index contributed by atoms with van der Waals surface area (Å²) in [4.78, 5) is 14.0. The summed E-state index contributed by atoms with van der Waals surface area (Å²) in [5.41, 5.74) is 8.69. The normalized spacial score (nSPS) is 11.8. The highest BCUT2D eigenvalue weighted by Gasteiger charge is 2.46. The molecule has 0 aliphatic heterocycles. The van der Waals surface area contributed by atoms with E-state index in [1.54, 1.807) is 73.0 Å². The third-order valence-corrected chi connectivity index (χ3v) is 24.1. The Morgan fingerprint density at radius 3 is 0.810 bits per heavy atom. The molecule has 0 amide bonds. The second kappa shape index (κ2) is 24.6. The van der Waals surface area contributed by atoms with Crippen molar-refractivity contribution in [2.75, 3.05) is 36.2 Å². The van der Waals surface area contributed by atoms with E-state index in [1.165, 1.54) is 11.3 Å². The molecule has 0 spiro atoms. The number of hydrogen-bond acceptors (Lipinski definition) is 13. The Morgan fingerprint density at radius 2 is 0.532 bits per heavy atom. The summed E-state index contributed by atoms with van der Waals surface area (Å²) in [6, 6.07) is 76.0. The number of thiophene rings is 5. The number of para-hydroxylation sites is 4. The van der Waals surface area contributed by atoms with Crippen molar-refractivity contribution in [1.29, 1.82) is 0 Å². The van der Waals surface area contributed by atoms with Gasteiger partial charge in [0.05, 0.1) is 46.8 Å². The van der Waals surface area contributed by atoms with Gasteiger partial charge in [-0.25, -0.2) is 0 Å². The molecule has 0 radical (unpaired) electrons. The highest BCUT2D eigenvalue weighted by molar-refractivity contribution is 7.71. The molecule has 8 nitrogen and oxygen atoms in total. The molecule has 0 bridgehead atoms. The smallest absolute Gasteiger partial charge is 0.311 e. The van der Waals surface area contributed by atoms with Crippen LogP contribution < -0.4 is 20.4 Å². The molecule has 11 aromatic rings. The van der Waals surface area contributed by atoms with Crippen LogP contribution in [0.3, 0.4) is 0 Å². The molecule has 0 aliphatic rings. The fourth-order valence-electron chi connectivity index (χ4n) is 9.46. The van der Waals surface area contributed by atoms with Crippen molar-refractivity contribution < 1.29 is 27.2 Å². The Morgan fingerprint density at radius 1 is 0.291 bits per heavy atom. The quantitative estimate of drug-likeness (QED) is 0.0621. The second-order valence-corrected chi connectivity index (χ2v) is 27.2. The Hall–Kier alpha value is -6.28. The molecule has 398 valence electrons. The van der Waals surface area contributed by atoms with Crippen LogP contribution in [0.1, 0.15) is 27.7 Å². The first-order valence-corrected chi connectivity index (χ1v) is 33.3. The van der Waals surface area contributed by atoms with Gasteiger partial charge in [0.1, 0.15) is 0 Å². The summed E-state index contributed by atoms with van der Waals surface area (Å²) in [6.45, 7) is 7.56. The van der Waals surface area contributed by atoms with Gasteiger partial charge < -0.3 is 27.9 Å². The summed E-state index contributed by atoms with van der Waals surface area (Å²) in [6.07, 6.45) is 0. The van der Waals surface area contributed by atoms with Crippen LogP contribution in [0, 0.1) is 0 Å². The van der Waals surface area contributed by atoms with Crippen molar-refractivity contribution in [3.05, 3.63) is 218 Å². The maximum Gasteiger partial charge on any atom is 0.363 e. The molecule has 79 heavy (non-hydrogen) atoms. The van der Waals surface area contributed by atoms with Gasteiger partial charge in [0.2, 0.25) is 0 Å². The lowest BCUT2D eigenvalue weighted by Crippen LogP contribution is -2.28. The van der Waals surface area contributed by atoms with E-state index in [4.69, 9.17) is 18.1 Å². The molecule has 0 saturated heterocycles. The summed E-state index contributed by atoms with van der Waals surface area (Å²) < 4.78 is 55.7. The van der Waals surface area contributed by atoms with Crippen LogP contribution >= 0.6 is 71.9 Å². The third-order valence-electron chi connectivity index (χ3n) is 12.8. The van der Waals surface area contributed by atoms with Gasteiger partial charge in [-0.15, -0.1) is 56.7 Å². The number of hydrogen-bond donors (Lipinski definition) is 0. The Kier molecular flexibility index (Phi) is 17.0. The van der Waals surface area contributed by atoms with Gasteiger partial charge in [-0.3, -0.25) is 9.13 Å². The van der Waals surface area contributed by atoms with E-state index in [0.29, 0.717) is 9.75 Å². The SMILES string of the molecule is CCOP(=O)(OCC)c1c(-c2ccc(-c3ccc(-c4ccc(N(c5ccccc5)c5ccccc5)cc4)s3)s2)sc(-c2ccc(-c3ccc(-c4ccc(N(c5ccccc5)c5ccccc5)cc4)s3)s2)c1P(=O)(OCC)OCC. The lowest BCUT2D eigenvalue weighted by atomic mass is 10.1. The van der Waals surface area contributed by atoms with E-state index in [0.717, 1.165) is 84.3 Å². The van der Waals surface area contributed by atoms with Gasteiger partial charge in [0.15, 0.2) is 0 Å². The second-order valence-electron chi connectivity index (χ2n) is 17.9. The molecular formula is C64H56N2O6P2S5. The summed E-state index contributed by atoms with van der Waals surface area (Å²) in [7, 11) is -8.29. The molecule has 11 rings (SSSR count). The van der Waals surface area contributed by atoms with Gasteiger partial charge in [0.25, 0.3) is 0 Å². The number of benzene rings is 6. The van der Waals surface area contributed by atoms with Crippen LogP contribution in [-0.4, -0.2) is 26.4 Å². The van der Waals surface area contributed by atoms with Crippen LogP contribution in [0.4, 0.5) is 34.1 Å². The van der Waals surface area contributed by atoms with E-state index >= 15 is 9.13 Å². The summed E-state index contributed by atoms with van der Waals surface area (Å²) in [5, 5.41) is 0.466. The molecule has 0 atom stereocenters. The monoisotopic (exact) mass is 1170 g/mol. The molecule has 0 unspecified atom stereocenters. The lowest BCUT2D eigenvalue weighted by molar-refractivity contribution is 0.226. The van der Waals surface area contributed by atoms with E-state index in [1.807, 2.05) is 36.4 Å². The van der Waals surface area contributed by atoms with Gasteiger partial charge in [-0.1, -0.05) is 97.1 Å². The topological polar surface area (TPSA) is 77.5 Å². The minimum Gasteiger partial charge on any atom is -0.311 e. The fourth-order valence-corrected chi connectivity index (χ4v) is 20.5. The maximum absolute atomic E-state index is 15.5. The third kappa shape index (κ3) is 11.6. The Labute approximate surface area is 482 Å². The summed E-state index contributed by atoms with van der Waals surface area (Å²) >= 11 is 8.03. The predicted molar refractivity (Wildman–Crippen MR) is 339 cm³/mol. The largest absolute Gasteiger partial charge is 0.363 e. The molecular weight excluding hydrogens is 1110 g/mol. The first kappa shape index (κ1) is 54.7. The van der Waals surface area contributed by atoms with Crippen molar-refractivity contribution in [2.45, 2.75) is 27.7 Å². The van der Waals surface area contributed by atoms with Gasteiger partial charge >= 0.3 is 15.2 Å². The molecule has 0 N–H and O–H groups in total.